The van der Waals surface area contributed by atoms with Crippen molar-refractivity contribution in [3.63, 3.8) is 0 Å². The van der Waals surface area contributed by atoms with Crippen molar-refractivity contribution in [2.24, 2.45) is 17.7 Å². The minimum Gasteiger partial charge on any atom is -0.347 e. The van der Waals surface area contributed by atoms with Crippen molar-refractivity contribution in [3.05, 3.63) is 0 Å². The molecule has 4 nitrogen and oxygen atoms in total. The van der Waals surface area contributed by atoms with Crippen molar-refractivity contribution >= 4 is 24.8 Å². The summed E-state index contributed by atoms with van der Waals surface area (Å²) in [6.45, 7) is 1.54. The van der Waals surface area contributed by atoms with Gasteiger partial charge in [0.1, 0.15) is 0 Å². The summed E-state index contributed by atoms with van der Waals surface area (Å²) >= 11 is 0. The minimum atomic E-state index is -0.226. The van der Waals surface area contributed by atoms with Gasteiger partial charge in [0.15, 0.2) is 5.79 Å². The highest BCUT2D eigenvalue weighted by Gasteiger charge is 2.56. The summed E-state index contributed by atoms with van der Waals surface area (Å²) in [6.07, 6.45) is 4.59. The lowest BCUT2D eigenvalue weighted by Crippen LogP contribution is -2.60. The zero-order chi connectivity index (χ0) is 9.60. The molecule has 0 bridgehead atoms. The van der Waals surface area contributed by atoms with Crippen LogP contribution in [0.5, 0.6) is 0 Å². The molecule has 2 aliphatic carbocycles. The number of hydrogen-bond donors (Lipinski definition) is 2. The molecule has 1 aliphatic heterocycles. The summed E-state index contributed by atoms with van der Waals surface area (Å²) in [5.74, 6) is 6.58. The summed E-state index contributed by atoms with van der Waals surface area (Å²) in [5.41, 5.74) is 2.93. The predicted molar refractivity (Wildman–Crippen MR) is 65.7 cm³/mol. The fraction of sp³-hybridized carbons (Fsp3) is 1.00. The lowest BCUT2D eigenvalue weighted by atomic mass is 9.60. The molecule has 0 aromatic carbocycles. The highest BCUT2D eigenvalue weighted by atomic mass is 35.5. The molecule has 6 heteroatoms. The molecule has 3 aliphatic rings. The maximum atomic E-state index is 5.82. The molecule has 1 saturated heterocycles. The average molecular weight is 271 g/mol. The first-order valence-electron chi connectivity index (χ1n) is 5.60. The van der Waals surface area contributed by atoms with Crippen LogP contribution in [0.1, 0.15) is 25.7 Å². The molecule has 2 saturated carbocycles. The molecule has 3 N–H and O–H groups in total. The smallest absolute Gasteiger partial charge is 0.171 e. The van der Waals surface area contributed by atoms with E-state index >= 15 is 0 Å². The van der Waals surface area contributed by atoms with Crippen molar-refractivity contribution in [2.75, 3.05) is 13.2 Å². The van der Waals surface area contributed by atoms with Crippen LogP contribution in [0.2, 0.25) is 0 Å². The first-order chi connectivity index (χ1) is 6.86. The van der Waals surface area contributed by atoms with Crippen molar-refractivity contribution in [1.29, 1.82) is 0 Å². The number of halogens is 2. The van der Waals surface area contributed by atoms with Crippen LogP contribution in [0.15, 0.2) is 0 Å². The number of nitrogens with one attached hydrogen (secondary N) is 1. The molecule has 0 amide bonds. The second-order valence-electron chi connectivity index (χ2n) is 4.67. The SMILES string of the molecule is Cl.Cl.NNC1CCC2(OCCO2)C2CCC12. The summed E-state index contributed by atoms with van der Waals surface area (Å²) in [6, 6.07) is 0.479. The second kappa shape index (κ2) is 5.38. The Kier molecular flexibility index (Phi) is 4.87. The summed E-state index contributed by atoms with van der Waals surface area (Å²) in [4.78, 5) is 0. The van der Waals surface area contributed by atoms with Crippen LogP contribution in [-0.2, 0) is 9.47 Å². The van der Waals surface area contributed by atoms with Gasteiger partial charge in [-0.2, -0.15) is 0 Å². The van der Waals surface area contributed by atoms with Crippen LogP contribution in [0, 0.1) is 11.8 Å². The molecular formula is C10H20Cl2N2O2. The van der Waals surface area contributed by atoms with Crippen LogP contribution >= 0.6 is 24.8 Å². The van der Waals surface area contributed by atoms with E-state index in [9.17, 15) is 0 Å². The molecule has 3 atom stereocenters. The van der Waals surface area contributed by atoms with Gasteiger partial charge in [-0.15, -0.1) is 24.8 Å². The van der Waals surface area contributed by atoms with E-state index in [1.807, 2.05) is 0 Å². The van der Waals surface area contributed by atoms with Crippen LogP contribution in [0.4, 0.5) is 0 Å². The van der Waals surface area contributed by atoms with E-state index in [0.29, 0.717) is 17.9 Å². The van der Waals surface area contributed by atoms with E-state index in [1.165, 1.54) is 12.8 Å². The number of rotatable bonds is 1. The lowest BCUT2D eigenvalue weighted by molar-refractivity contribution is -0.253. The monoisotopic (exact) mass is 270 g/mol. The highest BCUT2D eigenvalue weighted by molar-refractivity contribution is 5.85. The van der Waals surface area contributed by atoms with Gasteiger partial charge in [0, 0.05) is 18.4 Å². The summed E-state index contributed by atoms with van der Waals surface area (Å²) in [7, 11) is 0. The molecule has 0 radical (unpaired) electrons. The number of ether oxygens (including phenoxy) is 2. The Balaban J connectivity index is 0.000000640. The van der Waals surface area contributed by atoms with Crippen molar-refractivity contribution in [2.45, 2.75) is 37.5 Å². The zero-order valence-corrected chi connectivity index (χ0v) is 10.8. The average Bonchev–Trinajstić information content (AvgIpc) is 2.58. The Labute approximate surface area is 108 Å². The van der Waals surface area contributed by atoms with Crippen molar-refractivity contribution in [3.8, 4) is 0 Å². The molecule has 3 rings (SSSR count). The normalized spacial score (nSPS) is 39.2. The van der Waals surface area contributed by atoms with Gasteiger partial charge in [0.05, 0.1) is 13.2 Å². The lowest BCUT2D eigenvalue weighted by Gasteiger charge is -2.53. The molecule has 3 fully saturated rings. The molecule has 1 heterocycles. The number of fused-ring (bicyclic) bond motifs is 2. The zero-order valence-electron chi connectivity index (χ0n) is 9.19. The van der Waals surface area contributed by atoms with Gasteiger partial charge in [0.25, 0.3) is 0 Å². The van der Waals surface area contributed by atoms with E-state index in [-0.39, 0.29) is 30.6 Å². The van der Waals surface area contributed by atoms with E-state index in [2.05, 4.69) is 5.43 Å². The standard InChI is InChI=1S/C10H18N2O2.2ClH/c11-12-9-3-4-10(13-5-6-14-10)8-2-1-7(8)9;;/h7-9,12H,1-6,11H2;2*1H. The van der Waals surface area contributed by atoms with Crippen LogP contribution in [0.25, 0.3) is 0 Å². The Bertz CT molecular complexity index is 237. The van der Waals surface area contributed by atoms with Gasteiger partial charge >= 0.3 is 0 Å². The van der Waals surface area contributed by atoms with E-state index in [0.717, 1.165) is 26.1 Å². The topological polar surface area (TPSA) is 56.5 Å². The van der Waals surface area contributed by atoms with Crippen molar-refractivity contribution < 1.29 is 9.47 Å². The maximum Gasteiger partial charge on any atom is 0.171 e. The molecule has 96 valence electrons. The molecule has 3 unspecified atom stereocenters. The molecule has 1 spiro atoms. The van der Waals surface area contributed by atoms with Crippen LogP contribution in [0.3, 0.4) is 0 Å². The molecule has 16 heavy (non-hydrogen) atoms. The number of hydrazine groups is 1. The third-order valence-corrected chi connectivity index (χ3v) is 4.20. The van der Waals surface area contributed by atoms with E-state index in [1.54, 1.807) is 0 Å². The van der Waals surface area contributed by atoms with Crippen LogP contribution in [-0.4, -0.2) is 25.0 Å². The number of hydrogen-bond acceptors (Lipinski definition) is 4. The van der Waals surface area contributed by atoms with Gasteiger partial charge in [-0.1, -0.05) is 0 Å². The second-order valence-corrected chi connectivity index (χ2v) is 4.67. The van der Waals surface area contributed by atoms with Crippen LogP contribution < -0.4 is 11.3 Å². The third kappa shape index (κ3) is 1.96. The third-order valence-electron chi connectivity index (χ3n) is 4.20. The Morgan fingerprint density at radius 3 is 2.25 bits per heavy atom. The molecular weight excluding hydrogens is 251 g/mol. The van der Waals surface area contributed by atoms with E-state index in [4.69, 9.17) is 15.3 Å². The van der Waals surface area contributed by atoms with Gasteiger partial charge in [-0.25, -0.2) is 0 Å². The highest BCUT2D eigenvalue weighted by Crippen LogP contribution is 2.53. The van der Waals surface area contributed by atoms with Gasteiger partial charge in [0.2, 0.25) is 0 Å². The van der Waals surface area contributed by atoms with Gasteiger partial charge < -0.3 is 9.47 Å². The molecule has 0 aromatic heterocycles. The van der Waals surface area contributed by atoms with Gasteiger partial charge in [-0.3, -0.25) is 11.3 Å². The molecule has 0 aromatic rings. The first kappa shape index (κ1) is 14.5. The predicted octanol–water partition coefficient (Wildman–Crippen LogP) is 1.22. The maximum absolute atomic E-state index is 5.82. The Morgan fingerprint density at radius 1 is 1.06 bits per heavy atom. The van der Waals surface area contributed by atoms with Gasteiger partial charge in [-0.05, 0) is 25.2 Å². The minimum absolute atomic E-state index is 0. The van der Waals surface area contributed by atoms with E-state index < -0.39 is 0 Å². The summed E-state index contributed by atoms with van der Waals surface area (Å²) < 4.78 is 11.6. The number of nitrogens with two attached hydrogens (primary N) is 1. The largest absolute Gasteiger partial charge is 0.347 e. The fourth-order valence-corrected chi connectivity index (χ4v) is 3.35. The van der Waals surface area contributed by atoms with Crippen molar-refractivity contribution in [1.82, 2.24) is 5.43 Å². The first-order valence-corrected chi connectivity index (χ1v) is 5.60. The Hall–Kier alpha value is 0.420. The fourth-order valence-electron chi connectivity index (χ4n) is 3.35. The quantitative estimate of drug-likeness (QED) is 0.556. The Morgan fingerprint density at radius 2 is 1.75 bits per heavy atom. The summed E-state index contributed by atoms with van der Waals surface area (Å²) in [5, 5.41) is 0.